The number of hydrogen-bond donors (Lipinski definition) is 2. The Kier molecular flexibility index (Phi) is 7.50. The van der Waals surface area contributed by atoms with Gasteiger partial charge in [0.25, 0.3) is 11.8 Å². The third-order valence-corrected chi connectivity index (χ3v) is 3.73. The van der Waals surface area contributed by atoms with E-state index in [-0.39, 0.29) is 5.56 Å². The molecule has 0 aliphatic heterocycles. The van der Waals surface area contributed by atoms with Gasteiger partial charge >= 0.3 is 0 Å². The van der Waals surface area contributed by atoms with Gasteiger partial charge in [-0.1, -0.05) is 0 Å². The van der Waals surface area contributed by atoms with Crippen LogP contribution in [0.2, 0.25) is 0 Å². The highest BCUT2D eigenvalue weighted by molar-refractivity contribution is 5.96. The van der Waals surface area contributed by atoms with E-state index in [9.17, 15) is 9.59 Å². The molecule has 2 aromatic rings. The average molecular weight is 388 g/mol. The van der Waals surface area contributed by atoms with Gasteiger partial charge in [-0.25, -0.2) is 0 Å². The molecule has 2 N–H and O–H groups in total. The highest BCUT2D eigenvalue weighted by Gasteiger charge is 2.17. The number of methoxy groups -OCH3 is 2. The fraction of sp³-hybridized carbons (Fsp3) is 0.300. The number of nitrogens with one attached hydrogen (secondary N) is 2. The molecule has 0 radical (unpaired) electrons. The lowest BCUT2D eigenvalue weighted by Crippen LogP contribution is -2.47. The number of carbonyl (C=O) groups excluding carboxylic acids is 2. The first-order valence-electron chi connectivity index (χ1n) is 8.69. The summed E-state index contributed by atoms with van der Waals surface area (Å²) in [4.78, 5) is 24.4. The van der Waals surface area contributed by atoms with Crippen molar-refractivity contribution in [3.8, 4) is 23.0 Å². The first-order chi connectivity index (χ1) is 13.5. The van der Waals surface area contributed by atoms with E-state index >= 15 is 0 Å². The number of hydrazine groups is 1. The summed E-state index contributed by atoms with van der Waals surface area (Å²) in [5.41, 5.74) is 4.96. The summed E-state index contributed by atoms with van der Waals surface area (Å²) < 4.78 is 21.2. The van der Waals surface area contributed by atoms with Crippen LogP contribution in [0.15, 0.2) is 42.5 Å². The topological polar surface area (TPSA) is 95.1 Å². The predicted octanol–water partition coefficient (Wildman–Crippen LogP) is 2.33. The van der Waals surface area contributed by atoms with Crippen molar-refractivity contribution in [2.24, 2.45) is 0 Å². The molecule has 0 aromatic heterocycles. The zero-order chi connectivity index (χ0) is 20.5. The van der Waals surface area contributed by atoms with E-state index in [1.807, 2.05) is 6.92 Å². The van der Waals surface area contributed by atoms with E-state index in [0.29, 0.717) is 29.6 Å². The average Bonchev–Trinajstić information content (AvgIpc) is 2.72. The highest BCUT2D eigenvalue weighted by Crippen LogP contribution is 2.22. The molecule has 0 spiro atoms. The summed E-state index contributed by atoms with van der Waals surface area (Å²) in [6, 6.07) is 11.6. The molecule has 8 heteroatoms. The van der Waals surface area contributed by atoms with Crippen LogP contribution in [0.25, 0.3) is 0 Å². The number of ether oxygens (including phenoxy) is 4. The highest BCUT2D eigenvalue weighted by atomic mass is 16.5. The van der Waals surface area contributed by atoms with Crippen LogP contribution in [0.3, 0.4) is 0 Å². The molecule has 1 atom stereocenters. The van der Waals surface area contributed by atoms with Gasteiger partial charge in [0.1, 0.15) is 23.0 Å². The lowest BCUT2D eigenvalue weighted by atomic mass is 10.2. The molecule has 0 saturated heterocycles. The Balaban J connectivity index is 1.91. The zero-order valence-corrected chi connectivity index (χ0v) is 16.3. The lowest BCUT2D eigenvalue weighted by Gasteiger charge is -2.16. The van der Waals surface area contributed by atoms with E-state index in [0.717, 1.165) is 0 Å². The quantitative estimate of drug-likeness (QED) is 0.674. The van der Waals surface area contributed by atoms with Crippen molar-refractivity contribution in [2.45, 2.75) is 20.0 Å². The van der Waals surface area contributed by atoms with Crippen LogP contribution in [0.5, 0.6) is 23.0 Å². The van der Waals surface area contributed by atoms with Gasteiger partial charge < -0.3 is 18.9 Å². The third-order valence-electron chi connectivity index (χ3n) is 3.73. The smallest absolute Gasteiger partial charge is 0.279 e. The minimum absolute atomic E-state index is 0.275. The molecular weight excluding hydrogens is 364 g/mol. The molecule has 0 aliphatic rings. The molecule has 2 aromatic carbocycles. The van der Waals surface area contributed by atoms with Crippen molar-refractivity contribution in [1.82, 2.24) is 10.9 Å². The lowest BCUT2D eigenvalue weighted by molar-refractivity contribution is -0.128. The molecule has 0 aliphatic carbocycles. The molecule has 1 unspecified atom stereocenters. The first-order valence-corrected chi connectivity index (χ1v) is 8.69. The molecule has 0 saturated carbocycles. The van der Waals surface area contributed by atoms with Gasteiger partial charge in [-0.3, -0.25) is 20.4 Å². The second-order valence-electron chi connectivity index (χ2n) is 5.71. The van der Waals surface area contributed by atoms with Crippen LogP contribution in [-0.4, -0.2) is 38.7 Å². The van der Waals surface area contributed by atoms with Crippen molar-refractivity contribution in [3.63, 3.8) is 0 Å². The van der Waals surface area contributed by atoms with E-state index in [4.69, 9.17) is 18.9 Å². The van der Waals surface area contributed by atoms with Crippen molar-refractivity contribution < 1.29 is 28.5 Å². The minimum atomic E-state index is -0.821. The maximum atomic E-state index is 12.3. The molecule has 0 fully saturated rings. The van der Waals surface area contributed by atoms with Gasteiger partial charge in [0, 0.05) is 11.6 Å². The summed E-state index contributed by atoms with van der Waals surface area (Å²) in [5.74, 6) is 1.13. The van der Waals surface area contributed by atoms with E-state index in [1.165, 1.54) is 26.4 Å². The van der Waals surface area contributed by atoms with Gasteiger partial charge in [-0.15, -0.1) is 0 Å². The maximum Gasteiger partial charge on any atom is 0.279 e. The second kappa shape index (κ2) is 10.1. The van der Waals surface area contributed by atoms with Crippen LogP contribution in [0, 0.1) is 0 Å². The molecule has 8 nitrogen and oxygen atoms in total. The molecular formula is C20H24N2O6. The molecule has 0 bridgehead atoms. The van der Waals surface area contributed by atoms with Gasteiger partial charge in [-0.2, -0.15) is 0 Å². The van der Waals surface area contributed by atoms with Gasteiger partial charge in [0.15, 0.2) is 6.10 Å². The number of hydrogen-bond acceptors (Lipinski definition) is 6. The van der Waals surface area contributed by atoms with Crippen LogP contribution >= 0.6 is 0 Å². The molecule has 2 amide bonds. The van der Waals surface area contributed by atoms with Crippen molar-refractivity contribution in [2.75, 3.05) is 20.8 Å². The number of carbonyl (C=O) groups is 2. The zero-order valence-electron chi connectivity index (χ0n) is 16.3. The summed E-state index contributed by atoms with van der Waals surface area (Å²) in [7, 11) is 2.97. The number of amides is 2. The number of rotatable bonds is 8. The standard InChI is InChI=1S/C20H24N2O6/c1-5-27-15-6-8-16(9-7-15)28-13(2)19(23)21-22-20(24)14-10-17(25-3)12-18(11-14)26-4/h6-13H,5H2,1-4H3,(H,21,23)(H,22,24). The SMILES string of the molecule is CCOc1ccc(OC(C)C(=O)NNC(=O)c2cc(OC)cc(OC)c2)cc1. The molecule has 28 heavy (non-hydrogen) atoms. The van der Waals surface area contributed by atoms with E-state index in [2.05, 4.69) is 10.9 Å². The summed E-state index contributed by atoms with van der Waals surface area (Å²) in [6.07, 6.45) is -0.821. The fourth-order valence-electron chi connectivity index (χ4n) is 2.27. The van der Waals surface area contributed by atoms with Crippen molar-refractivity contribution in [3.05, 3.63) is 48.0 Å². The van der Waals surface area contributed by atoms with Crippen molar-refractivity contribution in [1.29, 1.82) is 0 Å². The number of benzene rings is 2. The summed E-state index contributed by atoms with van der Waals surface area (Å²) >= 11 is 0. The van der Waals surface area contributed by atoms with Gasteiger partial charge in [0.05, 0.1) is 20.8 Å². The monoisotopic (exact) mass is 388 g/mol. The van der Waals surface area contributed by atoms with E-state index in [1.54, 1.807) is 37.3 Å². The Hall–Kier alpha value is -3.42. The van der Waals surface area contributed by atoms with Crippen LogP contribution in [0.1, 0.15) is 24.2 Å². The van der Waals surface area contributed by atoms with Gasteiger partial charge in [0.2, 0.25) is 0 Å². The fourth-order valence-corrected chi connectivity index (χ4v) is 2.27. The first kappa shape index (κ1) is 20.9. The third kappa shape index (κ3) is 5.80. The normalized spacial score (nSPS) is 11.1. The Morgan fingerprint density at radius 3 is 2.00 bits per heavy atom. The largest absolute Gasteiger partial charge is 0.497 e. The van der Waals surface area contributed by atoms with E-state index < -0.39 is 17.9 Å². The van der Waals surface area contributed by atoms with Crippen molar-refractivity contribution >= 4 is 11.8 Å². The Morgan fingerprint density at radius 2 is 1.46 bits per heavy atom. The van der Waals surface area contributed by atoms with Gasteiger partial charge in [-0.05, 0) is 50.2 Å². The second-order valence-corrected chi connectivity index (χ2v) is 5.71. The maximum absolute atomic E-state index is 12.3. The summed E-state index contributed by atoms with van der Waals surface area (Å²) in [5, 5.41) is 0. The molecule has 150 valence electrons. The molecule has 2 rings (SSSR count). The van der Waals surface area contributed by atoms with Crippen LogP contribution in [-0.2, 0) is 4.79 Å². The van der Waals surface area contributed by atoms with Crippen LogP contribution < -0.4 is 29.8 Å². The Bertz CT molecular complexity index is 785. The summed E-state index contributed by atoms with van der Waals surface area (Å²) in [6.45, 7) is 4.04. The van der Waals surface area contributed by atoms with Crippen LogP contribution in [0.4, 0.5) is 0 Å². The molecule has 0 heterocycles. The Morgan fingerprint density at radius 1 is 0.893 bits per heavy atom. The minimum Gasteiger partial charge on any atom is -0.497 e. The predicted molar refractivity (Wildman–Crippen MR) is 103 cm³/mol. The Labute approximate surface area is 163 Å².